The summed E-state index contributed by atoms with van der Waals surface area (Å²) in [6, 6.07) is 31.3. The fraction of sp³-hybridized carbons (Fsp3) is 0.395. The van der Waals surface area contributed by atoms with E-state index < -0.39 is 11.7 Å². The summed E-state index contributed by atoms with van der Waals surface area (Å²) >= 11 is 0. The molecule has 0 unspecified atom stereocenters. The molecule has 2 aliphatic rings. The molecule has 0 spiro atoms. The predicted octanol–water partition coefficient (Wildman–Crippen LogP) is 7.39. The van der Waals surface area contributed by atoms with Gasteiger partial charge in [-0.3, -0.25) is 9.88 Å². The van der Waals surface area contributed by atoms with Crippen molar-refractivity contribution in [2.24, 2.45) is 5.92 Å². The highest BCUT2D eigenvalue weighted by molar-refractivity contribution is 5.54. The van der Waals surface area contributed by atoms with E-state index in [9.17, 15) is 13.2 Å². The maximum Gasteiger partial charge on any atom is 0.418 e. The maximum atomic E-state index is 13.8. The Morgan fingerprint density at radius 2 is 1.28 bits per heavy atom. The number of hydrogen-bond acceptors (Lipinski definition) is 6. The van der Waals surface area contributed by atoms with Gasteiger partial charge in [-0.15, -0.1) is 0 Å². The van der Waals surface area contributed by atoms with E-state index in [0.29, 0.717) is 46.0 Å². The molecule has 9 heteroatoms. The molecule has 5 atom stereocenters. The SMILES string of the molecule is C[C@@H]1[C@@H](OCc2ccccc2)[C@H](OCc2ccccc2)[C@@H](OCc2ccccc2)CN1C[C@@H]1CCN(c2cnccc2C(F)(F)F)C1. The van der Waals surface area contributed by atoms with Gasteiger partial charge in [0.25, 0.3) is 0 Å². The van der Waals surface area contributed by atoms with Gasteiger partial charge in [0.2, 0.25) is 0 Å². The first-order chi connectivity index (χ1) is 22.8. The van der Waals surface area contributed by atoms with Crippen LogP contribution in [0.15, 0.2) is 109 Å². The highest BCUT2D eigenvalue weighted by Crippen LogP contribution is 2.38. The number of nitrogens with zero attached hydrogens (tertiary/aromatic N) is 3. The fourth-order valence-electron chi connectivity index (χ4n) is 6.74. The number of anilines is 1. The van der Waals surface area contributed by atoms with E-state index in [1.165, 1.54) is 12.4 Å². The number of likely N-dealkylation sites (tertiary alicyclic amines) is 1. The first kappa shape index (κ1) is 33.2. The summed E-state index contributed by atoms with van der Waals surface area (Å²) < 4.78 is 61.5. The monoisotopic (exact) mass is 645 g/mol. The Hall–Kier alpha value is -3.76. The van der Waals surface area contributed by atoms with Crippen LogP contribution < -0.4 is 4.90 Å². The highest BCUT2D eigenvalue weighted by Gasteiger charge is 2.45. The fourth-order valence-corrected chi connectivity index (χ4v) is 6.74. The smallest absolute Gasteiger partial charge is 0.369 e. The first-order valence-electron chi connectivity index (χ1n) is 16.3. The van der Waals surface area contributed by atoms with Gasteiger partial charge in [0.15, 0.2) is 0 Å². The molecule has 2 fully saturated rings. The average Bonchev–Trinajstić information content (AvgIpc) is 3.56. The molecular formula is C38H42F3N3O3. The van der Waals surface area contributed by atoms with E-state index in [1.54, 1.807) is 0 Å². The molecule has 0 radical (unpaired) electrons. The Morgan fingerprint density at radius 3 is 1.85 bits per heavy atom. The zero-order chi connectivity index (χ0) is 32.6. The zero-order valence-electron chi connectivity index (χ0n) is 26.6. The molecule has 0 N–H and O–H groups in total. The standard InChI is InChI=1S/C38H42F3N3O3/c1-28-36(46-26-30-13-7-3-8-14-30)37(47-27-31-15-9-4-10-16-31)35(45-25-29-11-5-2-6-12-29)24-44(28)23-32-18-20-43(22-32)34-21-42-19-17-33(34)38(39,40)41/h2-17,19,21,28,32,35-37H,18,20,22-27H2,1H3/t28-,32-,35+,36-,37-/m1/s1. The molecule has 6 nitrogen and oxygen atoms in total. The Bertz CT molecular complexity index is 1530. The van der Waals surface area contributed by atoms with Gasteiger partial charge in [0, 0.05) is 38.4 Å². The summed E-state index contributed by atoms with van der Waals surface area (Å²) in [4.78, 5) is 8.23. The van der Waals surface area contributed by atoms with Crippen molar-refractivity contribution >= 4 is 5.69 Å². The molecule has 2 aliphatic heterocycles. The lowest BCUT2D eigenvalue weighted by Gasteiger charge is -2.48. The molecule has 3 aromatic carbocycles. The van der Waals surface area contributed by atoms with Crippen LogP contribution in [0.2, 0.25) is 0 Å². The van der Waals surface area contributed by atoms with E-state index in [0.717, 1.165) is 29.2 Å². The lowest BCUT2D eigenvalue weighted by molar-refractivity contribution is -0.201. The molecule has 0 aliphatic carbocycles. The second-order valence-electron chi connectivity index (χ2n) is 12.5. The molecule has 47 heavy (non-hydrogen) atoms. The molecule has 6 rings (SSSR count). The number of benzene rings is 3. The van der Waals surface area contributed by atoms with Gasteiger partial charge in [-0.05, 0) is 42.0 Å². The second kappa shape index (κ2) is 15.4. The van der Waals surface area contributed by atoms with Gasteiger partial charge in [-0.2, -0.15) is 13.2 Å². The van der Waals surface area contributed by atoms with Crippen LogP contribution in [0.3, 0.4) is 0 Å². The summed E-state index contributed by atoms with van der Waals surface area (Å²) in [5, 5.41) is 0. The Labute approximate surface area is 275 Å². The van der Waals surface area contributed by atoms with Gasteiger partial charge < -0.3 is 19.1 Å². The van der Waals surface area contributed by atoms with Crippen molar-refractivity contribution in [3.8, 4) is 0 Å². The van der Waals surface area contributed by atoms with Crippen LogP contribution in [0.4, 0.5) is 18.9 Å². The summed E-state index contributed by atoms with van der Waals surface area (Å²) in [7, 11) is 0. The van der Waals surface area contributed by atoms with E-state index in [2.05, 4.69) is 41.1 Å². The minimum absolute atomic E-state index is 0.0192. The van der Waals surface area contributed by atoms with Crippen molar-refractivity contribution in [1.29, 1.82) is 0 Å². The van der Waals surface area contributed by atoms with Gasteiger partial charge in [-0.1, -0.05) is 91.0 Å². The number of piperidine rings is 1. The molecule has 3 heterocycles. The third kappa shape index (κ3) is 8.59. The third-order valence-electron chi connectivity index (χ3n) is 9.26. The minimum Gasteiger partial charge on any atom is -0.369 e. The number of pyridine rings is 1. The van der Waals surface area contributed by atoms with Crippen LogP contribution >= 0.6 is 0 Å². The predicted molar refractivity (Wildman–Crippen MR) is 176 cm³/mol. The van der Waals surface area contributed by atoms with Gasteiger partial charge in [-0.25, -0.2) is 0 Å². The van der Waals surface area contributed by atoms with Gasteiger partial charge >= 0.3 is 6.18 Å². The molecular weight excluding hydrogens is 603 g/mol. The van der Waals surface area contributed by atoms with Crippen molar-refractivity contribution in [1.82, 2.24) is 9.88 Å². The van der Waals surface area contributed by atoms with Crippen molar-refractivity contribution < 1.29 is 27.4 Å². The molecule has 0 amide bonds. The van der Waals surface area contributed by atoms with E-state index >= 15 is 0 Å². The van der Waals surface area contributed by atoms with Crippen LogP contribution in [0.25, 0.3) is 0 Å². The van der Waals surface area contributed by atoms with E-state index in [1.807, 2.05) is 71.6 Å². The molecule has 0 bridgehead atoms. The summed E-state index contributed by atoms with van der Waals surface area (Å²) in [5.74, 6) is 0.171. The quantitative estimate of drug-likeness (QED) is 0.160. The molecule has 2 saturated heterocycles. The number of halogens is 3. The highest BCUT2D eigenvalue weighted by atomic mass is 19.4. The normalized spacial score (nSPS) is 23.7. The van der Waals surface area contributed by atoms with E-state index in [-0.39, 0.29) is 36.0 Å². The van der Waals surface area contributed by atoms with Crippen LogP contribution in [0.5, 0.6) is 0 Å². The third-order valence-corrected chi connectivity index (χ3v) is 9.26. The van der Waals surface area contributed by atoms with Gasteiger partial charge in [0.1, 0.15) is 12.2 Å². The number of rotatable bonds is 12. The molecule has 4 aromatic rings. The zero-order valence-corrected chi connectivity index (χ0v) is 26.6. The van der Waals surface area contributed by atoms with Crippen LogP contribution in [0, 0.1) is 5.92 Å². The first-order valence-corrected chi connectivity index (χ1v) is 16.3. The number of hydrogen-bond donors (Lipinski definition) is 0. The van der Waals surface area contributed by atoms with Crippen molar-refractivity contribution in [3.05, 3.63) is 132 Å². The van der Waals surface area contributed by atoms with Gasteiger partial charge in [0.05, 0.1) is 43.4 Å². The largest absolute Gasteiger partial charge is 0.418 e. The molecule has 1 aromatic heterocycles. The van der Waals surface area contributed by atoms with E-state index in [4.69, 9.17) is 14.2 Å². The van der Waals surface area contributed by atoms with Crippen LogP contribution in [-0.4, -0.2) is 60.4 Å². The number of alkyl halides is 3. The lowest BCUT2D eigenvalue weighted by atomic mass is 9.92. The van der Waals surface area contributed by atoms with Crippen LogP contribution in [-0.2, 0) is 40.2 Å². The van der Waals surface area contributed by atoms with Crippen molar-refractivity contribution in [2.45, 2.75) is 63.7 Å². The van der Waals surface area contributed by atoms with Crippen molar-refractivity contribution in [3.63, 3.8) is 0 Å². The summed E-state index contributed by atoms with van der Waals surface area (Å²) in [5.41, 5.74) is 2.73. The lowest BCUT2D eigenvalue weighted by Crippen LogP contribution is -2.63. The molecule has 0 saturated carbocycles. The Kier molecular flexibility index (Phi) is 10.9. The van der Waals surface area contributed by atoms with Crippen LogP contribution in [0.1, 0.15) is 35.6 Å². The molecule has 248 valence electrons. The summed E-state index contributed by atoms with van der Waals surface area (Å²) in [6.07, 6.45) is -2.03. The number of ether oxygens (including phenoxy) is 3. The Balaban J connectivity index is 1.22. The maximum absolute atomic E-state index is 13.8. The summed E-state index contributed by atoms with van der Waals surface area (Å²) in [6.45, 7) is 5.86. The Morgan fingerprint density at radius 1 is 0.723 bits per heavy atom. The topological polar surface area (TPSA) is 47.1 Å². The minimum atomic E-state index is -4.43. The van der Waals surface area contributed by atoms with Crippen molar-refractivity contribution in [2.75, 3.05) is 31.1 Å². The second-order valence-corrected chi connectivity index (χ2v) is 12.5. The number of aromatic nitrogens is 1. The average molecular weight is 646 g/mol.